The van der Waals surface area contributed by atoms with E-state index in [1.54, 1.807) is 37.3 Å². The van der Waals surface area contributed by atoms with Crippen LogP contribution in [0.5, 0.6) is 0 Å². The first kappa shape index (κ1) is 21.5. The Morgan fingerprint density at radius 1 is 0.971 bits per heavy atom. The van der Waals surface area contributed by atoms with Crippen LogP contribution in [0.1, 0.15) is 15.9 Å². The molecule has 2 N–H and O–H groups in total. The minimum absolute atomic E-state index is 0.00816. The van der Waals surface area contributed by atoms with Crippen molar-refractivity contribution in [3.05, 3.63) is 94.1 Å². The van der Waals surface area contributed by atoms with E-state index in [-0.39, 0.29) is 28.4 Å². The second-order valence-corrected chi connectivity index (χ2v) is 8.21. The molecule has 0 saturated carbocycles. The van der Waals surface area contributed by atoms with Gasteiger partial charge in [-0.25, -0.2) is 0 Å². The molecule has 7 nitrogen and oxygen atoms in total. The zero-order valence-corrected chi connectivity index (χ0v) is 18.6. The largest absolute Gasteiger partial charge is 0.455 e. The normalized spacial score (nSPS) is 13.6. The van der Waals surface area contributed by atoms with E-state index in [0.29, 0.717) is 35.5 Å². The number of nitrogens with zero attached hydrogens (tertiary/aromatic N) is 1. The number of rotatable bonds is 4. The second-order valence-electron chi connectivity index (χ2n) is 8.21. The average molecular weight is 453 g/mol. The summed E-state index contributed by atoms with van der Waals surface area (Å²) >= 11 is 0. The number of carbonyl (C=O) groups is 2. The Balaban J connectivity index is 1.46. The molecule has 1 aliphatic heterocycles. The monoisotopic (exact) mass is 453 g/mol. The Bertz CT molecular complexity index is 1440. The van der Waals surface area contributed by atoms with Crippen molar-refractivity contribution < 1.29 is 14.0 Å². The number of nitrogens with one attached hydrogen (secondary N) is 2. The topological polar surface area (TPSA) is 91.7 Å². The molecule has 4 aromatic rings. The van der Waals surface area contributed by atoms with E-state index < -0.39 is 0 Å². The second kappa shape index (κ2) is 8.86. The minimum Gasteiger partial charge on any atom is -0.455 e. The van der Waals surface area contributed by atoms with Crippen LogP contribution in [0.4, 0.5) is 11.4 Å². The number of carbonyl (C=O) groups excluding carboxylic acids is 2. The SMILES string of the molecule is Cc1c(-c2ccccc2)oc2c(C(=O)Nc3ccc(N4CCNC(=O)C4)cc3)cccc2c1=O. The van der Waals surface area contributed by atoms with Crippen LogP contribution >= 0.6 is 0 Å². The van der Waals surface area contributed by atoms with Gasteiger partial charge in [0, 0.05) is 35.6 Å². The summed E-state index contributed by atoms with van der Waals surface area (Å²) in [4.78, 5) is 39.8. The fourth-order valence-electron chi connectivity index (χ4n) is 4.17. The predicted molar refractivity (Wildman–Crippen MR) is 132 cm³/mol. The van der Waals surface area contributed by atoms with Crippen molar-refractivity contribution in [2.24, 2.45) is 0 Å². The number of fused-ring (bicyclic) bond motifs is 1. The van der Waals surface area contributed by atoms with E-state index in [9.17, 15) is 14.4 Å². The maximum Gasteiger partial charge on any atom is 0.259 e. The molecule has 3 aromatic carbocycles. The highest BCUT2D eigenvalue weighted by Gasteiger charge is 2.19. The molecule has 1 aliphatic rings. The first-order valence-corrected chi connectivity index (χ1v) is 11.1. The lowest BCUT2D eigenvalue weighted by Gasteiger charge is -2.28. The van der Waals surface area contributed by atoms with Gasteiger partial charge in [0.15, 0.2) is 11.0 Å². The maximum atomic E-state index is 13.2. The fourth-order valence-corrected chi connectivity index (χ4v) is 4.17. The third-order valence-corrected chi connectivity index (χ3v) is 5.95. The molecule has 2 amide bonds. The fraction of sp³-hybridized carbons (Fsp3) is 0.148. The van der Waals surface area contributed by atoms with Crippen molar-refractivity contribution in [1.29, 1.82) is 0 Å². The minimum atomic E-state index is -0.373. The Hall–Kier alpha value is -4.39. The van der Waals surface area contributed by atoms with Crippen molar-refractivity contribution in [2.45, 2.75) is 6.92 Å². The highest BCUT2D eigenvalue weighted by molar-refractivity contribution is 6.11. The zero-order chi connectivity index (χ0) is 23.7. The number of amides is 2. The summed E-state index contributed by atoms with van der Waals surface area (Å²) in [7, 11) is 0. The van der Waals surface area contributed by atoms with Crippen molar-refractivity contribution in [2.75, 3.05) is 29.9 Å². The zero-order valence-electron chi connectivity index (χ0n) is 18.6. The molecule has 0 aliphatic carbocycles. The van der Waals surface area contributed by atoms with Crippen molar-refractivity contribution in [3.8, 4) is 11.3 Å². The van der Waals surface area contributed by atoms with Crippen LogP contribution in [0.3, 0.4) is 0 Å². The van der Waals surface area contributed by atoms with E-state index in [1.165, 1.54) is 0 Å². The average Bonchev–Trinajstić information content (AvgIpc) is 2.87. The molecule has 170 valence electrons. The number of para-hydroxylation sites is 1. The van der Waals surface area contributed by atoms with Crippen LogP contribution in [0.25, 0.3) is 22.3 Å². The Morgan fingerprint density at radius 2 is 1.74 bits per heavy atom. The van der Waals surface area contributed by atoms with Gasteiger partial charge >= 0.3 is 0 Å². The number of piperazine rings is 1. The molecule has 1 saturated heterocycles. The standard InChI is InChI=1S/C27H23N3O4/c1-17-24(32)21-8-5-9-22(26(21)34-25(17)18-6-3-2-4-7-18)27(33)29-19-10-12-20(13-11-19)30-15-14-28-23(31)16-30/h2-13H,14-16H2,1H3,(H,28,31)(H,29,33). The highest BCUT2D eigenvalue weighted by atomic mass is 16.3. The first-order chi connectivity index (χ1) is 16.5. The Kier molecular flexibility index (Phi) is 5.59. The Morgan fingerprint density at radius 3 is 2.47 bits per heavy atom. The molecule has 0 bridgehead atoms. The van der Waals surface area contributed by atoms with Gasteiger partial charge < -0.3 is 20.0 Å². The molecule has 34 heavy (non-hydrogen) atoms. The van der Waals surface area contributed by atoms with Crippen LogP contribution in [0, 0.1) is 6.92 Å². The Labute approximate surface area is 196 Å². The van der Waals surface area contributed by atoms with Crippen LogP contribution in [0.2, 0.25) is 0 Å². The molecule has 0 unspecified atom stereocenters. The van der Waals surface area contributed by atoms with Crippen LogP contribution in [-0.2, 0) is 4.79 Å². The van der Waals surface area contributed by atoms with Crippen molar-refractivity contribution in [3.63, 3.8) is 0 Å². The van der Waals surface area contributed by atoms with Crippen LogP contribution in [-0.4, -0.2) is 31.4 Å². The van der Waals surface area contributed by atoms with E-state index in [1.807, 2.05) is 47.4 Å². The van der Waals surface area contributed by atoms with E-state index >= 15 is 0 Å². The van der Waals surface area contributed by atoms with E-state index in [2.05, 4.69) is 10.6 Å². The van der Waals surface area contributed by atoms with Gasteiger partial charge in [0.05, 0.1) is 17.5 Å². The van der Waals surface area contributed by atoms with Gasteiger partial charge in [0.25, 0.3) is 5.91 Å². The molecule has 1 fully saturated rings. The van der Waals surface area contributed by atoms with Gasteiger partial charge in [-0.3, -0.25) is 14.4 Å². The van der Waals surface area contributed by atoms with Crippen molar-refractivity contribution >= 4 is 34.2 Å². The third kappa shape index (κ3) is 4.03. The number of hydrogen-bond donors (Lipinski definition) is 2. The number of benzene rings is 3. The molecule has 1 aromatic heterocycles. The van der Waals surface area contributed by atoms with Gasteiger partial charge in [-0.05, 0) is 43.3 Å². The lowest BCUT2D eigenvalue weighted by molar-refractivity contribution is -0.120. The molecule has 7 heteroatoms. The van der Waals surface area contributed by atoms with Gasteiger partial charge in [0.2, 0.25) is 5.91 Å². The summed E-state index contributed by atoms with van der Waals surface area (Å²) in [6, 6.07) is 21.7. The molecular weight excluding hydrogens is 430 g/mol. The lowest BCUT2D eigenvalue weighted by atomic mass is 10.0. The summed E-state index contributed by atoms with van der Waals surface area (Å²) < 4.78 is 6.15. The molecule has 0 atom stereocenters. The first-order valence-electron chi connectivity index (χ1n) is 11.1. The summed E-state index contributed by atoms with van der Waals surface area (Å²) in [6.45, 7) is 3.38. The summed E-state index contributed by atoms with van der Waals surface area (Å²) in [5.74, 6) is 0.0705. The summed E-state index contributed by atoms with van der Waals surface area (Å²) in [6.07, 6.45) is 0. The summed E-state index contributed by atoms with van der Waals surface area (Å²) in [5, 5.41) is 6.05. The van der Waals surface area contributed by atoms with Gasteiger partial charge in [0.1, 0.15) is 5.76 Å². The van der Waals surface area contributed by atoms with Crippen LogP contribution in [0.15, 0.2) is 82.0 Å². The maximum absolute atomic E-state index is 13.2. The molecule has 0 radical (unpaired) electrons. The highest BCUT2D eigenvalue weighted by Crippen LogP contribution is 2.28. The van der Waals surface area contributed by atoms with Crippen molar-refractivity contribution in [1.82, 2.24) is 5.32 Å². The third-order valence-electron chi connectivity index (χ3n) is 5.95. The predicted octanol–water partition coefficient (Wildman–Crippen LogP) is 3.96. The van der Waals surface area contributed by atoms with Crippen LogP contribution < -0.4 is 21.0 Å². The molecular formula is C27H23N3O4. The molecule has 5 rings (SSSR count). The van der Waals surface area contributed by atoms with Gasteiger partial charge in [-0.15, -0.1) is 0 Å². The lowest BCUT2D eigenvalue weighted by Crippen LogP contribution is -2.47. The number of anilines is 2. The molecule has 0 spiro atoms. The smallest absolute Gasteiger partial charge is 0.259 e. The van der Waals surface area contributed by atoms with E-state index in [4.69, 9.17) is 4.42 Å². The van der Waals surface area contributed by atoms with Gasteiger partial charge in [-0.2, -0.15) is 0 Å². The number of hydrogen-bond acceptors (Lipinski definition) is 5. The van der Waals surface area contributed by atoms with Gasteiger partial charge in [-0.1, -0.05) is 36.4 Å². The van der Waals surface area contributed by atoms with E-state index in [0.717, 1.165) is 17.8 Å². The quantitative estimate of drug-likeness (QED) is 0.488. The summed E-state index contributed by atoms with van der Waals surface area (Å²) in [5.41, 5.74) is 3.16. The molecule has 2 heterocycles.